The number of aromatic nitrogens is 1. The minimum absolute atomic E-state index is 0.00400. The summed E-state index contributed by atoms with van der Waals surface area (Å²) < 4.78 is 10.9. The van der Waals surface area contributed by atoms with E-state index in [2.05, 4.69) is 5.32 Å². The zero-order valence-corrected chi connectivity index (χ0v) is 13.1. The number of nitrogens with zero attached hydrogens (tertiary/aromatic N) is 1. The highest BCUT2D eigenvalue weighted by molar-refractivity contribution is 7.12. The van der Waals surface area contributed by atoms with E-state index in [4.69, 9.17) is 14.5 Å². The molecule has 20 heavy (non-hydrogen) atoms. The van der Waals surface area contributed by atoms with Gasteiger partial charge in [0, 0.05) is 31.7 Å². The van der Waals surface area contributed by atoms with Crippen LogP contribution in [0.4, 0.5) is 0 Å². The molecule has 5 heteroatoms. The molecule has 1 atom stereocenters. The molecular weight excluding hydrogens is 272 g/mol. The van der Waals surface area contributed by atoms with Crippen molar-refractivity contribution in [1.82, 2.24) is 10.3 Å². The third kappa shape index (κ3) is 2.91. The Kier molecular flexibility index (Phi) is 4.71. The third-order valence-electron chi connectivity index (χ3n) is 4.34. The van der Waals surface area contributed by atoms with Crippen LogP contribution < -0.4 is 5.32 Å². The second-order valence-electron chi connectivity index (χ2n) is 5.71. The first-order valence-electron chi connectivity index (χ1n) is 7.65. The fourth-order valence-corrected chi connectivity index (χ4v) is 4.58. The van der Waals surface area contributed by atoms with E-state index in [0.717, 1.165) is 52.0 Å². The molecule has 2 aliphatic rings. The van der Waals surface area contributed by atoms with Crippen LogP contribution in [0.25, 0.3) is 0 Å². The van der Waals surface area contributed by atoms with Crippen LogP contribution in [0.5, 0.6) is 0 Å². The number of rotatable bonds is 5. The Morgan fingerprint density at radius 1 is 1.30 bits per heavy atom. The largest absolute Gasteiger partial charge is 0.383 e. The smallest absolute Gasteiger partial charge is 0.113 e. The highest BCUT2D eigenvalue weighted by Gasteiger charge is 2.36. The molecule has 1 N–H and O–H groups in total. The molecule has 1 aromatic rings. The molecule has 0 amide bonds. The van der Waals surface area contributed by atoms with Crippen molar-refractivity contribution in [3.63, 3.8) is 0 Å². The van der Waals surface area contributed by atoms with Gasteiger partial charge in [0.15, 0.2) is 0 Å². The normalized spacial score (nSPS) is 26.4. The van der Waals surface area contributed by atoms with Gasteiger partial charge in [-0.1, -0.05) is 0 Å². The molecular formula is C15H24N2O2S. The van der Waals surface area contributed by atoms with Crippen LogP contribution in [0.2, 0.25) is 0 Å². The van der Waals surface area contributed by atoms with Crippen molar-refractivity contribution < 1.29 is 9.47 Å². The van der Waals surface area contributed by atoms with Crippen LogP contribution >= 0.6 is 11.3 Å². The molecule has 0 aromatic carbocycles. The lowest BCUT2D eigenvalue weighted by Gasteiger charge is -2.31. The maximum Gasteiger partial charge on any atom is 0.113 e. The zero-order valence-electron chi connectivity index (χ0n) is 12.2. The molecule has 0 radical (unpaired) electrons. The average molecular weight is 296 g/mol. The van der Waals surface area contributed by atoms with Crippen LogP contribution in [0.1, 0.15) is 41.3 Å². The maximum absolute atomic E-state index is 5.66. The monoisotopic (exact) mass is 296 g/mol. The van der Waals surface area contributed by atoms with Crippen molar-refractivity contribution in [2.24, 2.45) is 0 Å². The van der Waals surface area contributed by atoms with Crippen LogP contribution in [0, 0.1) is 0 Å². The first kappa shape index (κ1) is 14.4. The Hall–Kier alpha value is -0.490. The lowest BCUT2D eigenvalue weighted by Crippen LogP contribution is -2.44. The van der Waals surface area contributed by atoms with E-state index in [0.29, 0.717) is 0 Å². The highest BCUT2D eigenvalue weighted by Crippen LogP contribution is 2.38. The molecule has 2 heterocycles. The van der Waals surface area contributed by atoms with E-state index < -0.39 is 0 Å². The first-order chi connectivity index (χ1) is 9.84. The number of hydrogen-bond donors (Lipinski definition) is 1. The summed E-state index contributed by atoms with van der Waals surface area (Å²) in [6.45, 7) is 3.32. The zero-order chi connectivity index (χ0) is 13.8. The Bertz CT molecular complexity index is 418. The van der Waals surface area contributed by atoms with E-state index in [-0.39, 0.29) is 5.54 Å². The molecule has 1 aromatic heterocycles. The molecule has 0 bridgehead atoms. The molecule has 3 rings (SSSR count). The first-order valence-corrected chi connectivity index (χ1v) is 8.46. The Morgan fingerprint density at radius 2 is 2.25 bits per heavy atom. The summed E-state index contributed by atoms with van der Waals surface area (Å²) in [4.78, 5) is 6.48. The second-order valence-corrected chi connectivity index (χ2v) is 6.79. The summed E-state index contributed by atoms with van der Waals surface area (Å²) >= 11 is 1.92. The Morgan fingerprint density at radius 3 is 3.10 bits per heavy atom. The quantitative estimate of drug-likeness (QED) is 0.847. The summed E-state index contributed by atoms with van der Waals surface area (Å²) in [7, 11) is 1.75. The molecule has 1 aliphatic carbocycles. The van der Waals surface area contributed by atoms with Crippen molar-refractivity contribution in [3.05, 3.63) is 15.6 Å². The highest BCUT2D eigenvalue weighted by atomic mass is 32.1. The topological polar surface area (TPSA) is 43.4 Å². The van der Waals surface area contributed by atoms with Gasteiger partial charge in [0.2, 0.25) is 0 Å². The van der Waals surface area contributed by atoms with Gasteiger partial charge in [-0.15, -0.1) is 11.3 Å². The number of thiazole rings is 1. The molecule has 0 spiro atoms. The minimum Gasteiger partial charge on any atom is -0.383 e. The fourth-order valence-electron chi connectivity index (χ4n) is 3.20. The van der Waals surface area contributed by atoms with E-state index in [9.17, 15) is 0 Å². The van der Waals surface area contributed by atoms with Gasteiger partial charge in [-0.3, -0.25) is 0 Å². The van der Waals surface area contributed by atoms with Gasteiger partial charge >= 0.3 is 0 Å². The summed E-state index contributed by atoms with van der Waals surface area (Å²) in [5, 5.41) is 5.01. The lowest BCUT2D eigenvalue weighted by molar-refractivity contribution is 0.133. The number of hydrogen-bond acceptors (Lipinski definition) is 5. The van der Waals surface area contributed by atoms with Gasteiger partial charge in [0.1, 0.15) is 5.01 Å². The van der Waals surface area contributed by atoms with Gasteiger partial charge < -0.3 is 14.8 Å². The lowest BCUT2D eigenvalue weighted by atomic mass is 9.91. The molecule has 1 unspecified atom stereocenters. The van der Waals surface area contributed by atoms with Gasteiger partial charge in [0.25, 0.3) is 0 Å². The Balaban J connectivity index is 1.82. The van der Waals surface area contributed by atoms with Gasteiger partial charge in [-0.2, -0.15) is 0 Å². The SMILES string of the molecule is COCCNC1(c2nc3c(s2)CCC3)CCCOCC1. The van der Waals surface area contributed by atoms with Crippen LogP contribution in [0.3, 0.4) is 0 Å². The van der Waals surface area contributed by atoms with Crippen LogP contribution in [-0.2, 0) is 27.9 Å². The maximum atomic E-state index is 5.66. The van der Waals surface area contributed by atoms with Gasteiger partial charge in [0.05, 0.1) is 17.8 Å². The van der Waals surface area contributed by atoms with Crippen LogP contribution in [-0.4, -0.2) is 38.5 Å². The second kappa shape index (κ2) is 6.52. The Labute approximate surface area is 124 Å². The fraction of sp³-hybridized carbons (Fsp3) is 0.800. The van der Waals surface area contributed by atoms with Crippen molar-refractivity contribution in [2.75, 3.05) is 33.5 Å². The van der Waals surface area contributed by atoms with Crippen molar-refractivity contribution in [1.29, 1.82) is 0 Å². The average Bonchev–Trinajstić information content (AvgIpc) is 2.96. The van der Waals surface area contributed by atoms with E-state index in [1.54, 1.807) is 7.11 Å². The molecule has 1 saturated heterocycles. The van der Waals surface area contributed by atoms with Gasteiger partial charge in [-0.05, 0) is 38.5 Å². The van der Waals surface area contributed by atoms with Crippen molar-refractivity contribution in [3.8, 4) is 0 Å². The van der Waals surface area contributed by atoms with Crippen LogP contribution in [0.15, 0.2) is 0 Å². The molecule has 4 nitrogen and oxygen atoms in total. The van der Waals surface area contributed by atoms with E-state index >= 15 is 0 Å². The van der Waals surface area contributed by atoms with Crippen molar-refractivity contribution in [2.45, 2.75) is 44.1 Å². The summed E-state index contributed by atoms with van der Waals surface area (Å²) in [6.07, 6.45) is 6.90. The van der Waals surface area contributed by atoms with Crippen molar-refractivity contribution >= 4 is 11.3 Å². The number of nitrogens with one attached hydrogen (secondary N) is 1. The summed E-state index contributed by atoms with van der Waals surface area (Å²) in [6, 6.07) is 0. The summed E-state index contributed by atoms with van der Waals surface area (Å²) in [5.41, 5.74) is 1.35. The van der Waals surface area contributed by atoms with Gasteiger partial charge in [-0.25, -0.2) is 4.98 Å². The molecule has 112 valence electrons. The van der Waals surface area contributed by atoms with E-state index in [1.807, 2.05) is 11.3 Å². The number of aryl methyl sites for hydroxylation is 2. The number of methoxy groups -OCH3 is 1. The number of ether oxygens (including phenoxy) is 2. The predicted molar refractivity (Wildman–Crippen MR) is 80.4 cm³/mol. The predicted octanol–water partition coefficient (Wildman–Crippen LogP) is 2.26. The minimum atomic E-state index is 0.00400. The third-order valence-corrected chi connectivity index (χ3v) is 5.70. The standard InChI is InChI=1S/C15H24N2O2S/c1-18-11-8-16-15(6-3-9-19-10-7-15)14-17-12-4-2-5-13(12)20-14/h16H,2-11H2,1H3. The molecule has 1 fully saturated rings. The molecule has 0 saturated carbocycles. The molecule has 1 aliphatic heterocycles. The summed E-state index contributed by atoms with van der Waals surface area (Å²) in [5.74, 6) is 0. The number of fused-ring (bicyclic) bond motifs is 1. The van der Waals surface area contributed by atoms with E-state index in [1.165, 1.54) is 28.4 Å².